The van der Waals surface area contributed by atoms with Crippen LogP contribution < -0.4 is 9.47 Å². The third kappa shape index (κ3) is 6.33. The van der Waals surface area contributed by atoms with Crippen molar-refractivity contribution in [1.29, 1.82) is 0 Å². The number of ether oxygens (including phenoxy) is 5. The molecular weight excluding hydrogens is 560 g/mol. The van der Waals surface area contributed by atoms with Crippen molar-refractivity contribution in [2.45, 2.75) is 44.1 Å². The molecule has 44 heavy (non-hydrogen) atoms. The first-order chi connectivity index (χ1) is 21.5. The number of benzene rings is 4. The maximum Gasteiger partial charge on any atom is 0.197 e. The van der Waals surface area contributed by atoms with Crippen molar-refractivity contribution in [2.75, 3.05) is 13.7 Å². The fraction of sp³-hybridized carbons (Fsp3) is 0.250. The summed E-state index contributed by atoms with van der Waals surface area (Å²) in [4.78, 5) is 13.5. The lowest BCUT2D eigenvalue weighted by Crippen LogP contribution is -2.46. The summed E-state index contributed by atoms with van der Waals surface area (Å²) in [5.41, 5.74) is 2.96. The molecule has 2 aliphatic heterocycles. The predicted octanol–water partition coefficient (Wildman–Crippen LogP) is 6.58. The zero-order valence-electron chi connectivity index (χ0n) is 24.3. The molecule has 2 N–H and O–H groups in total. The van der Waals surface area contributed by atoms with E-state index < -0.39 is 18.0 Å². The predicted molar refractivity (Wildman–Crippen MR) is 164 cm³/mol. The van der Waals surface area contributed by atoms with E-state index in [4.69, 9.17) is 23.7 Å². The van der Waals surface area contributed by atoms with Crippen LogP contribution in [-0.4, -0.2) is 48.0 Å². The SMILES string of the molecule is COc1c(C(=O)/C=C(\O)c2ccccc2)c(O)cc2c1C1O[C@H](COCc3ccccc3)C[C@H](OCc3ccccc3)[C@@H]1O2. The van der Waals surface area contributed by atoms with E-state index in [0.29, 0.717) is 43.1 Å². The summed E-state index contributed by atoms with van der Waals surface area (Å²) in [7, 11) is 1.42. The minimum atomic E-state index is -0.654. The lowest BCUT2D eigenvalue weighted by molar-refractivity contribution is -0.182. The number of phenolic OH excluding ortho intramolecular Hbond substituents is 1. The van der Waals surface area contributed by atoms with Crippen LogP contribution in [-0.2, 0) is 27.4 Å². The molecule has 1 saturated heterocycles. The number of hydrogen-bond acceptors (Lipinski definition) is 8. The summed E-state index contributed by atoms with van der Waals surface area (Å²) in [6.45, 7) is 1.13. The zero-order valence-corrected chi connectivity index (χ0v) is 24.3. The molecular formula is C36H34O8. The molecule has 0 bridgehead atoms. The van der Waals surface area contributed by atoms with Crippen LogP contribution in [0, 0.1) is 0 Å². The van der Waals surface area contributed by atoms with Gasteiger partial charge in [0.05, 0.1) is 38.6 Å². The van der Waals surface area contributed by atoms with Crippen molar-refractivity contribution in [3.8, 4) is 17.2 Å². The maximum atomic E-state index is 13.5. The molecule has 0 aliphatic carbocycles. The van der Waals surface area contributed by atoms with Crippen LogP contribution in [0.4, 0.5) is 0 Å². The second kappa shape index (κ2) is 13.3. The fourth-order valence-electron chi connectivity index (χ4n) is 5.72. The highest BCUT2D eigenvalue weighted by atomic mass is 16.6. The van der Waals surface area contributed by atoms with Gasteiger partial charge in [0, 0.05) is 24.1 Å². The number of fused-ring (bicyclic) bond motifs is 3. The monoisotopic (exact) mass is 594 g/mol. The van der Waals surface area contributed by atoms with Crippen LogP contribution in [0.3, 0.4) is 0 Å². The summed E-state index contributed by atoms with van der Waals surface area (Å²) in [5.74, 6) is -0.706. The summed E-state index contributed by atoms with van der Waals surface area (Å²) in [6, 6.07) is 29.9. The summed E-state index contributed by atoms with van der Waals surface area (Å²) >= 11 is 0. The average Bonchev–Trinajstić information content (AvgIpc) is 3.42. The fourth-order valence-corrected chi connectivity index (χ4v) is 5.72. The van der Waals surface area contributed by atoms with E-state index in [2.05, 4.69) is 0 Å². The highest BCUT2D eigenvalue weighted by Gasteiger charge is 2.49. The number of ketones is 1. The molecule has 6 rings (SSSR count). The van der Waals surface area contributed by atoms with Crippen LogP contribution in [0.2, 0.25) is 0 Å². The Hall–Kier alpha value is -4.63. The molecule has 2 aliphatic rings. The Morgan fingerprint density at radius 2 is 1.57 bits per heavy atom. The van der Waals surface area contributed by atoms with E-state index in [1.807, 2.05) is 66.7 Å². The number of carbonyl (C=O) groups excluding carboxylic acids is 1. The van der Waals surface area contributed by atoms with Crippen LogP contribution in [0.15, 0.2) is 103 Å². The van der Waals surface area contributed by atoms with Crippen LogP contribution in [0.5, 0.6) is 17.2 Å². The van der Waals surface area contributed by atoms with Gasteiger partial charge in [0.1, 0.15) is 40.8 Å². The standard InChI is InChI=1S/C36H34O8/c1-40-35-32(28(38)18-27(37)25-15-9-4-10-16-25)29(39)19-30-33(35)36-34(44-30)31(42-21-24-13-7-3-8-14-24)17-26(43-36)22-41-20-23-11-5-2-6-12-23/h2-16,18-19,26,31,34,36-37,39H,17,20-22H2,1H3/b27-18-/t26-,31-,34-,36?/m0/s1. The number of rotatable bonds is 11. The molecule has 0 saturated carbocycles. The van der Waals surface area contributed by atoms with Crippen LogP contribution >= 0.6 is 0 Å². The quantitative estimate of drug-likeness (QED) is 0.114. The van der Waals surface area contributed by atoms with Crippen LogP contribution in [0.1, 0.15) is 45.1 Å². The largest absolute Gasteiger partial charge is 0.507 e. The number of hydrogen-bond donors (Lipinski definition) is 2. The van der Waals surface area contributed by atoms with Gasteiger partial charge in [0.15, 0.2) is 11.9 Å². The molecule has 2 heterocycles. The number of aliphatic hydroxyl groups is 1. The number of allylic oxidation sites excluding steroid dienone is 1. The molecule has 0 amide bonds. The smallest absolute Gasteiger partial charge is 0.197 e. The first kappa shape index (κ1) is 29.4. The normalized spacial score (nSPS) is 20.8. The maximum absolute atomic E-state index is 13.5. The van der Waals surface area contributed by atoms with Crippen molar-refractivity contribution < 1.29 is 38.7 Å². The van der Waals surface area contributed by atoms with E-state index in [9.17, 15) is 15.0 Å². The molecule has 1 unspecified atom stereocenters. The lowest BCUT2D eigenvalue weighted by atomic mass is 9.92. The first-order valence-corrected chi connectivity index (χ1v) is 14.6. The number of phenols is 1. The molecule has 4 atom stereocenters. The highest BCUT2D eigenvalue weighted by molar-refractivity contribution is 6.11. The number of aromatic hydroxyl groups is 1. The van der Waals surface area contributed by atoms with E-state index in [0.717, 1.165) is 17.2 Å². The Bertz CT molecular complexity index is 1600. The van der Waals surface area contributed by atoms with Crippen molar-refractivity contribution in [3.05, 3.63) is 131 Å². The Morgan fingerprint density at radius 1 is 0.932 bits per heavy atom. The Kier molecular flexibility index (Phi) is 8.93. The summed E-state index contributed by atoms with van der Waals surface area (Å²) < 4.78 is 31.1. The lowest BCUT2D eigenvalue weighted by Gasteiger charge is -2.37. The molecule has 0 radical (unpaired) electrons. The van der Waals surface area contributed by atoms with Crippen LogP contribution in [0.25, 0.3) is 5.76 Å². The molecule has 1 fully saturated rings. The van der Waals surface area contributed by atoms with Gasteiger partial charge in [-0.15, -0.1) is 0 Å². The molecule has 0 aromatic heterocycles. The van der Waals surface area contributed by atoms with Gasteiger partial charge in [-0.25, -0.2) is 0 Å². The minimum absolute atomic E-state index is 0.0919. The molecule has 4 aromatic carbocycles. The number of carbonyl (C=O) groups is 1. The highest BCUT2D eigenvalue weighted by Crippen LogP contribution is 2.53. The molecule has 0 spiro atoms. The van der Waals surface area contributed by atoms with E-state index in [1.165, 1.54) is 13.2 Å². The van der Waals surface area contributed by atoms with Crippen molar-refractivity contribution >= 4 is 11.5 Å². The molecule has 8 nitrogen and oxygen atoms in total. The summed E-state index contributed by atoms with van der Waals surface area (Å²) in [5, 5.41) is 21.6. The second-order valence-corrected chi connectivity index (χ2v) is 10.8. The molecule has 8 heteroatoms. The van der Waals surface area contributed by atoms with Gasteiger partial charge in [-0.1, -0.05) is 91.0 Å². The van der Waals surface area contributed by atoms with E-state index in [-0.39, 0.29) is 35.0 Å². The van der Waals surface area contributed by atoms with Gasteiger partial charge in [-0.2, -0.15) is 0 Å². The molecule has 226 valence electrons. The first-order valence-electron chi connectivity index (χ1n) is 14.6. The Balaban J connectivity index is 1.29. The van der Waals surface area contributed by atoms with Gasteiger partial charge in [0.25, 0.3) is 0 Å². The number of aliphatic hydroxyl groups excluding tert-OH is 1. The van der Waals surface area contributed by atoms with E-state index >= 15 is 0 Å². The van der Waals surface area contributed by atoms with Crippen molar-refractivity contribution in [1.82, 2.24) is 0 Å². The van der Waals surface area contributed by atoms with Crippen molar-refractivity contribution in [3.63, 3.8) is 0 Å². The average molecular weight is 595 g/mol. The summed E-state index contributed by atoms with van der Waals surface area (Å²) in [6.07, 6.45) is -0.329. The van der Waals surface area contributed by atoms with Gasteiger partial charge in [-0.05, 0) is 11.1 Å². The number of methoxy groups -OCH3 is 1. The Morgan fingerprint density at radius 3 is 2.23 bits per heavy atom. The van der Waals surface area contributed by atoms with Gasteiger partial charge < -0.3 is 33.9 Å². The Labute approximate surface area is 256 Å². The second-order valence-electron chi connectivity index (χ2n) is 10.8. The van der Waals surface area contributed by atoms with Gasteiger partial charge in [0.2, 0.25) is 0 Å². The molecule has 4 aromatic rings. The zero-order chi connectivity index (χ0) is 30.5. The third-order valence-corrected chi connectivity index (χ3v) is 7.82. The third-order valence-electron chi connectivity index (χ3n) is 7.82. The minimum Gasteiger partial charge on any atom is -0.507 e. The van der Waals surface area contributed by atoms with Gasteiger partial charge in [-0.3, -0.25) is 4.79 Å². The van der Waals surface area contributed by atoms with Gasteiger partial charge >= 0.3 is 0 Å². The van der Waals surface area contributed by atoms with E-state index in [1.54, 1.807) is 24.3 Å². The van der Waals surface area contributed by atoms with Crippen molar-refractivity contribution in [2.24, 2.45) is 0 Å². The topological polar surface area (TPSA) is 104 Å².